The summed E-state index contributed by atoms with van der Waals surface area (Å²) in [6, 6.07) is 10.3. The van der Waals surface area contributed by atoms with Crippen molar-refractivity contribution in [2.24, 2.45) is 0 Å². The monoisotopic (exact) mass is 281 g/mol. The molecule has 0 radical (unpaired) electrons. The fraction of sp³-hybridized carbons (Fsp3) is 0.250. The van der Waals surface area contributed by atoms with Gasteiger partial charge in [-0.25, -0.2) is 4.98 Å². The molecule has 78 valence electrons. The average Bonchev–Trinajstić information content (AvgIpc) is 2.76. The molecule has 0 aliphatic carbocycles. The molecule has 0 spiro atoms. The molecule has 1 nitrogen and oxygen atoms in total. The van der Waals surface area contributed by atoms with Gasteiger partial charge in [-0.3, -0.25) is 0 Å². The fourth-order valence-corrected chi connectivity index (χ4v) is 2.52. The molecule has 0 fully saturated rings. The third-order valence-corrected chi connectivity index (χ3v) is 3.61. The van der Waals surface area contributed by atoms with Crippen molar-refractivity contribution in [2.75, 3.05) is 5.33 Å². The van der Waals surface area contributed by atoms with Crippen LogP contribution in [-0.2, 0) is 6.42 Å². The Labute approximate surface area is 102 Å². The SMILES string of the molecule is BrCCCc1nc(-c2ccccc2)cs1. The maximum Gasteiger partial charge on any atom is 0.0932 e. The van der Waals surface area contributed by atoms with Crippen LogP contribution >= 0.6 is 27.3 Å². The molecule has 0 N–H and O–H groups in total. The highest BCUT2D eigenvalue weighted by atomic mass is 79.9. The normalized spacial score (nSPS) is 10.5. The van der Waals surface area contributed by atoms with Crippen LogP contribution in [0, 0.1) is 0 Å². The summed E-state index contributed by atoms with van der Waals surface area (Å²) in [7, 11) is 0. The molecule has 1 heterocycles. The van der Waals surface area contributed by atoms with E-state index in [1.165, 1.54) is 10.6 Å². The maximum absolute atomic E-state index is 4.62. The Bertz CT molecular complexity index is 411. The van der Waals surface area contributed by atoms with Gasteiger partial charge in [-0.15, -0.1) is 11.3 Å². The first kappa shape index (κ1) is 10.8. The number of aromatic nitrogens is 1. The molecule has 0 saturated carbocycles. The lowest BCUT2D eigenvalue weighted by atomic mass is 10.2. The van der Waals surface area contributed by atoms with Gasteiger partial charge < -0.3 is 0 Å². The lowest BCUT2D eigenvalue weighted by molar-refractivity contribution is 0.926. The van der Waals surface area contributed by atoms with E-state index in [0.717, 1.165) is 23.9 Å². The van der Waals surface area contributed by atoms with Gasteiger partial charge in [0.15, 0.2) is 0 Å². The minimum atomic E-state index is 1.05. The molecular formula is C12H12BrNS. The number of benzene rings is 1. The standard InChI is InChI=1S/C12H12BrNS/c13-8-4-7-12-14-11(9-15-12)10-5-2-1-3-6-10/h1-3,5-6,9H,4,7-8H2. The Kier molecular flexibility index (Phi) is 3.92. The predicted molar refractivity (Wildman–Crippen MR) is 69.7 cm³/mol. The molecule has 0 atom stereocenters. The first-order valence-electron chi connectivity index (χ1n) is 4.96. The smallest absolute Gasteiger partial charge is 0.0932 e. The van der Waals surface area contributed by atoms with Crippen LogP contribution in [-0.4, -0.2) is 10.3 Å². The van der Waals surface area contributed by atoms with Crippen LogP contribution in [0.3, 0.4) is 0 Å². The number of hydrogen-bond acceptors (Lipinski definition) is 2. The van der Waals surface area contributed by atoms with Crippen LogP contribution in [0.15, 0.2) is 35.7 Å². The van der Waals surface area contributed by atoms with E-state index in [9.17, 15) is 0 Å². The van der Waals surface area contributed by atoms with Crippen molar-refractivity contribution >= 4 is 27.3 Å². The Hall–Kier alpha value is -0.670. The van der Waals surface area contributed by atoms with Gasteiger partial charge >= 0.3 is 0 Å². The highest BCUT2D eigenvalue weighted by molar-refractivity contribution is 9.09. The maximum atomic E-state index is 4.62. The van der Waals surface area contributed by atoms with E-state index in [4.69, 9.17) is 0 Å². The number of rotatable bonds is 4. The predicted octanol–water partition coefficient (Wildman–Crippen LogP) is 4.14. The van der Waals surface area contributed by atoms with Gasteiger partial charge in [0.25, 0.3) is 0 Å². The van der Waals surface area contributed by atoms with E-state index in [1.807, 2.05) is 18.2 Å². The number of hydrogen-bond donors (Lipinski definition) is 0. The summed E-state index contributed by atoms with van der Waals surface area (Å²) in [6.07, 6.45) is 2.23. The molecule has 2 rings (SSSR count). The van der Waals surface area contributed by atoms with Crippen LogP contribution in [0.25, 0.3) is 11.3 Å². The van der Waals surface area contributed by atoms with Crippen LogP contribution in [0.4, 0.5) is 0 Å². The molecule has 0 saturated heterocycles. The molecule has 0 aliphatic rings. The van der Waals surface area contributed by atoms with Gasteiger partial charge in [0.2, 0.25) is 0 Å². The zero-order valence-electron chi connectivity index (χ0n) is 8.32. The van der Waals surface area contributed by atoms with Crippen molar-refractivity contribution in [1.82, 2.24) is 4.98 Å². The summed E-state index contributed by atoms with van der Waals surface area (Å²) in [6.45, 7) is 0. The van der Waals surface area contributed by atoms with Crippen molar-refractivity contribution in [1.29, 1.82) is 0 Å². The van der Waals surface area contributed by atoms with Gasteiger partial charge in [-0.2, -0.15) is 0 Å². The molecular weight excluding hydrogens is 270 g/mol. The summed E-state index contributed by atoms with van der Waals surface area (Å²) in [5, 5.41) is 4.42. The Morgan fingerprint density at radius 2 is 2.00 bits per heavy atom. The number of thiazole rings is 1. The van der Waals surface area contributed by atoms with Crippen LogP contribution < -0.4 is 0 Å². The molecule has 2 aromatic rings. The summed E-state index contributed by atoms with van der Waals surface area (Å²) in [5.41, 5.74) is 2.31. The quantitative estimate of drug-likeness (QED) is 0.768. The molecule has 1 aromatic carbocycles. The second kappa shape index (κ2) is 5.42. The second-order valence-electron chi connectivity index (χ2n) is 3.29. The minimum Gasteiger partial charge on any atom is -0.241 e. The van der Waals surface area contributed by atoms with Gasteiger partial charge in [0, 0.05) is 22.7 Å². The van der Waals surface area contributed by atoms with E-state index < -0.39 is 0 Å². The number of nitrogens with zero attached hydrogens (tertiary/aromatic N) is 1. The Balaban J connectivity index is 2.14. The van der Waals surface area contributed by atoms with E-state index in [2.05, 4.69) is 38.4 Å². The average molecular weight is 282 g/mol. The van der Waals surface area contributed by atoms with Crippen molar-refractivity contribution in [3.05, 3.63) is 40.7 Å². The summed E-state index contributed by atoms with van der Waals surface area (Å²) in [5.74, 6) is 0. The summed E-state index contributed by atoms with van der Waals surface area (Å²) < 4.78 is 0. The Morgan fingerprint density at radius 3 is 2.73 bits per heavy atom. The zero-order valence-corrected chi connectivity index (χ0v) is 10.7. The molecule has 0 aliphatic heterocycles. The van der Waals surface area contributed by atoms with Crippen molar-refractivity contribution in [3.63, 3.8) is 0 Å². The Morgan fingerprint density at radius 1 is 1.20 bits per heavy atom. The van der Waals surface area contributed by atoms with Gasteiger partial charge in [0.1, 0.15) is 0 Å². The van der Waals surface area contributed by atoms with E-state index in [1.54, 1.807) is 11.3 Å². The second-order valence-corrected chi connectivity index (χ2v) is 5.02. The third kappa shape index (κ3) is 2.89. The lowest BCUT2D eigenvalue weighted by Crippen LogP contribution is -1.85. The van der Waals surface area contributed by atoms with Crippen LogP contribution in [0.2, 0.25) is 0 Å². The van der Waals surface area contributed by atoms with Crippen LogP contribution in [0.5, 0.6) is 0 Å². The topological polar surface area (TPSA) is 12.9 Å². The van der Waals surface area contributed by atoms with Crippen molar-refractivity contribution in [2.45, 2.75) is 12.8 Å². The van der Waals surface area contributed by atoms with Gasteiger partial charge in [0.05, 0.1) is 10.7 Å². The third-order valence-electron chi connectivity index (χ3n) is 2.15. The van der Waals surface area contributed by atoms with E-state index in [-0.39, 0.29) is 0 Å². The minimum absolute atomic E-state index is 1.05. The van der Waals surface area contributed by atoms with E-state index >= 15 is 0 Å². The molecule has 0 amide bonds. The largest absolute Gasteiger partial charge is 0.241 e. The van der Waals surface area contributed by atoms with Crippen molar-refractivity contribution in [3.8, 4) is 11.3 Å². The molecule has 1 aromatic heterocycles. The summed E-state index contributed by atoms with van der Waals surface area (Å²) in [4.78, 5) is 4.62. The number of halogens is 1. The first-order valence-corrected chi connectivity index (χ1v) is 6.96. The van der Waals surface area contributed by atoms with Gasteiger partial charge in [-0.05, 0) is 6.42 Å². The number of aryl methyl sites for hydroxylation is 1. The van der Waals surface area contributed by atoms with Gasteiger partial charge in [-0.1, -0.05) is 46.3 Å². The molecule has 0 bridgehead atoms. The lowest BCUT2D eigenvalue weighted by Gasteiger charge is -1.94. The first-order chi connectivity index (χ1) is 7.40. The summed E-state index contributed by atoms with van der Waals surface area (Å²) >= 11 is 5.19. The van der Waals surface area contributed by atoms with Crippen LogP contribution in [0.1, 0.15) is 11.4 Å². The number of alkyl halides is 1. The zero-order chi connectivity index (χ0) is 10.5. The fourth-order valence-electron chi connectivity index (χ4n) is 1.39. The highest BCUT2D eigenvalue weighted by Gasteiger charge is 2.03. The van der Waals surface area contributed by atoms with Crippen molar-refractivity contribution < 1.29 is 0 Å². The van der Waals surface area contributed by atoms with E-state index in [0.29, 0.717) is 0 Å². The molecule has 3 heteroatoms. The highest BCUT2D eigenvalue weighted by Crippen LogP contribution is 2.22. The molecule has 15 heavy (non-hydrogen) atoms. The molecule has 0 unspecified atom stereocenters.